The lowest BCUT2D eigenvalue weighted by molar-refractivity contribution is 0.0257. The first-order valence-electron chi connectivity index (χ1n) is 17.2. The zero-order valence-electron chi connectivity index (χ0n) is 28.6. The number of aryl methyl sites for hydroxylation is 1. The van der Waals surface area contributed by atoms with Gasteiger partial charge in [0.25, 0.3) is 0 Å². The van der Waals surface area contributed by atoms with E-state index in [9.17, 15) is 0 Å². The van der Waals surface area contributed by atoms with Crippen LogP contribution < -0.4 is 9.47 Å². The largest absolute Gasteiger partial charge is 0.490 e. The Bertz CT molecular complexity index is 1070. The third-order valence-electron chi connectivity index (χ3n) is 10.9. The van der Waals surface area contributed by atoms with Gasteiger partial charge in [0.2, 0.25) is 0 Å². The van der Waals surface area contributed by atoms with Gasteiger partial charge < -0.3 is 18.9 Å². The molecule has 0 aliphatic heterocycles. The minimum Gasteiger partial charge on any atom is -0.490 e. The average Bonchev–Trinajstić information content (AvgIpc) is 3.01. The normalized spacial score (nSPS) is 18.8. The number of hydrogen-bond donors (Lipinski definition) is 0. The van der Waals surface area contributed by atoms with E-state index in [2.05, 4.69) is 77.9 Å². The summed E-state index contributed by atoms with van der Waals surface area (Å²) in [5.41, 5.74) is 5.31. The minimum absolute atomic E-state index is 0.0315. The third-order valence-corrected chi connectivity index (χ3v) is 10.9. The Morgan fingerprint density at radius 1 is 0.674 bits per heavy atom. The predicted molar refractivity (Wildman–Crippen MR) is 178 cm³/mol. The highest BCUT2D eigenvalue weighted by molar-refractivity contribution is 5.48. The second kappa shape index (κ2) is 15.3. The number of methoxy groups -OCH3 is 2. The molecule has 4 rings (SSSR count). The fraction of sp³-hybridized carbons (Fsp3) is 0.692. The Hall–Kier alpha value is -2.04. The maximum absolute atomic E-state index is 6.77. The van der Waals surface area contributed by atoms with Crippen LogP contribution in [0.15, 0.2) is 36.4 Å². The zero-order valence-corrected chi connectivity index (χ0v) is 28.6. The van der Waals surface area contributed by atoms with Gasteiger partial charge in [0.15, 0.2) is 0 Å². The van der Waals surface area contributed by atoms with Gasteiger partial charge in [-0.2, -0.15) is 0 Å². The number of benzene rings is 2. The zero-order chi connectivity index (χ0) is 31.0. The maximum atomic E-state index is 6.77. The van der Waals surface area contributed by atoms with E-state index in [1.807, 2.05) is 14.2 Å². The number of rotatable bonds is 13. The van der Waals surface area contributed by atoms with E-state index < -0.39 is 0 Å². The molecule has 0 bridgehead atoms. The van der Waals surface area contributed by atoms with E-state index in [0.29, 0.717) is 25.0 Å². The Balaban J connectivity index is 1.58. The molecule has 2 fully saturated rings. The van der Waals surface area contributed by atoms with E-state index in [1.54, 1.807) is 0 Å². The predicted octanol–water partition coefficient (Wildman–Crippen LogP) is 10.6. The number of ether oxygens (including phenoxy) is 4. The lowest BCUT2D eigenvalue weighted by Gasteiger charge is -2.39. The van der Waals surface area contributed by atoms with Crippen LogP contribution in [0.1, 0.15) is 140 Å². The molecule has 0 amide bonds. The van der Waals surface area contributed by atoms with Crippen molar-refractivity contribution in [1.82, 2.24) is 0 Å². The molecule has 4 heteroatoms. The highest BCUT2D eigenvalue weighted by Gasteiger charge is 2.35. The molecule has 2 aliphatic rings. The summed E-state index contributed by atoms with van der Waals surface area (Å²) in [6.45, 7) is 14.7. The lowest BCUT2D eigenvalue weighted by Crippen LogP contribution is -2.33. The highest BCUT2D eigenvalue weighted by atomic mass is 16.5. The summed E-state index contributed by atoms with van der Waals surface area (Å²) in [7, 11) is 3.76. The molecule has 0 radical (unpaired) electrons. The second-order valence-corrected chi connectivity index (χ2v) is 14.7. The van der Waals surface area contributed by atoms with Crippen LogP contribution in [0.2, 0.25) is 0 Å². The van der Waals surface area contributed by atoms with Crippen LogP contribution in [0.3, 0.4) is 0 Å². The van der Waals surface area contributed by atoms with Crippen LogP contribution in [0.4, 0.5) is 0 Å². The van der Waals surface area contributed by atoms with E-state index >= 15 is 0 Å². The van der Waals surface area contributed by atoms with Gasteiger partial charge in [-0.3, -0.25) is 0 Å². The molecule has 0 spiro atoms. The summed E-state index contributed by atoms with van der Waals surface area (Å²) in [6, 6.07) is 13.3. The molecule has 0 aromatic heterocycles. The summed E-state index contributed by atoms with van der Waals surface area (Å²) in [6.07, 6.45) is 13.7. The molecule has 0 saturated heterocycles. The van der Waals surface area contributed by atoms with Crippen molar-refractivity contribution in [2.75, 3.05) is 27.4 Å². The van der Waals surface area contributed by atoms with Crippen molar-refractivity contribution >= 4 is 0 Å². The van der Waals surface area contributed by atoms with Crippen LogP contribution in [0, 0.1) is 17.3 Å². The van der Waals surface area contributed by atoms with Crippen LogP contribution in [0.5, 0.6) is 11.5 Å². The first-order chi connectivity index (χ1) is 20.6. The Kier molecular flexibility index (Phi) is 12.0. The molecule has 4 nitrogen and oxygen atoms in total. The summed E-state index contributed by atoms with van der Waals surface area (Å²) < 4.78 is 25.6. The topological polar surface area (TPSA) is 36.9 Å². The molecular formula is C39H60O4. The first kappa shape index (κ1) is 33.8. The van der Waals surface area contributed by atoms with Crippen molar-refractivity contribution in [3.63, 3.8) is 0 Å². The Labute approximate surface area is 263 Å². The van der Waals surface area contributed by atoms with E-state index in [-0.39, 0.29) is 23.0 Å². The molecular weight excluding hydrogens is 532 g/mol. The monoisotopic (exact) mass is 592 g/mol. The second-order valence-electron chi connectivity index (χ2n) is 14.7. The molecule has 2 aliphatic carbocycles. The van der Waals surface area contributed by atoms with Gasteiger partial charge in [-0.25, -0.2) is 0 Å². The van der Waals surface area contributed by atoms with Crippen molar-refractivity contribution in [2.45, 2.75) is 130 Å². The lowest BCUT2D eigenvalue weighted by atomic mass is 9.65. The molecule has 2 aromatic rings. The minimum atomic E-state index is 0.0315. The number of hydrogen-bond acceptors (Lipinski definition) is 4. The van der Waals surface area contributed by atoms with Gasteiger partial charge in [-0.1, -0.05) is 92.2 Å². The van der Waals surface area contributed by atoms with Crippen LogP contribution in [0.25, 0.3) is 0 Å². The average molecular weight is 593 g/mol. The third kappa shape index (κ3) is 8.17. The fourth-order valence-corrected chi connectivity index (χ4v) is 7.26. The van der Waals surface area contributed by atoms with Gasteiger partial charge in [0.1, 0.15) is 24.7 Å². The fourth-order valence-electron chi connectivity index (χ4n) is 7.26. The van der Waals surface area contributed by atoms with E-state index in [1.165, 1.54) is 86.5 Å². The molecule has 2 aromatic carbocycles. The van der Waals surface area contributed by atoms with Crippen LogP contribution in [-0.4, -0.2) is 27.4 Å². The van der Waals surface area contributed by atoms with Crippen LogP contribution in [-0.2, 0) is 21.3 Å². The summed E-state index contributed by atoms with van der Waals surface area (Å²) in [5, 5.41) is 0. The smallest absolute Gasteiger partial charge is 0.131 e. The molecule has 0 heterocycles. The van der Waals surface area contributed by atoms with Gasteiger partial charge in [-0.05, 0) is 90.2 Å². The molecule has 2 saturated carbocycles. The summed E-state index contributed by atoms with van der Waals surface area (Å²) in [4.78, 5) is 0. The van der Waals surface area contributed by atoms with Gasteiger partial charge >= 0.3 is 0 Å². The summed E-state index contributed by atoms with van der Waals surface area (Å²) >= 11 is 0. The van der Waals surface area contributed by atoms with E-state index in [4.69, 9.17) is 18.9 Å². The van der Waals surface area contributed by atoms with Gasteiger partial charge in [0.05, 0.1) is 12.2 Å². The standard InChI is InChI=1S/C39H60O4/c1-9-28-26-33(35(40-7)29-16-12-10-13-17-29)37(34(27-28)36(41-8)30-18-14-11-15-19-30)43-25-24-42-32-22-20-31(21-23-32)39(5,6)38(2,3)4/h20-23,26-27,29-30,35-36H,9-19,24-25H2,1-8H3. The van der Waals surface area contributed by atoms with Crippen molar-refractivity contribution in [3.8, 4) is 11.5 Å². The molecule has 240 valence electrons. The maximum Gasteiger partial charge on any atom is 0.131 e. The highest BCUT2D eigenvalue weighted by Crippen LogP contribution is 2.47. The Morgan fingerprint density at radius 2 is 1.14 bits per heavy atom. The molecule has 43 heavy (non-hydrogen) atoms. The van der Waals surface area contributed by atoms with Gasteiger partial charge in [-0.15, -0.1) is 0 Å². The van der Waals surface area contributed by atoms with Gasteiger partial charge in [0, 0.05) is 25.3 Å². The SMILES string of the molecule is CCc1cc(C(OC)C2CCCCC2)c(OCCOc2ccc(C(C)(C)C(C)(C)C)cc2)c(C(OC)C2CCCCC2)c1. The van der Waals surface area contributed by atoms with E-state index in [0.717, 1.165) is 17.9 Å². The summed E-state index contributed by atoms with van der Waals surface area (Å²) in [5.74, 6) is 2.89. The molecule has 2 unspecified atom stereocenters. The van der Waals surface area contributed by atoms with Crippen molar-refractivity contribution in [2.24, 2.45) is 17.3 Å². The Morgan fingerprint density at radius 3 is 1.56 bits per heavy atom. The quantitative estimate of drug-likeness (QED) is 0.217. The van der Waals surface area contributed by atoms with Crippen LogP contribution >= 0.6 is 0 Å². The molecule has 0 N–H and O–H groups in total. The van der Waals surface area contributed by atoms with Crippen molar-refractivity contribution in [1.29, 1.82) is 0 Å². The van der Waals surface area contributed by atoms with Crippen molar-refractivity contribution < 1.29 is 18.9 Å². The molecule has 2 atom stereocenters. The van der Waals surface area contributed by atoms with Crippen molar-refractivity contribution in [3.05, 3.63) is 58.7 Å². The first-order valence-corrected chi connectivity index (χ1v) is 17.2.